The monoisotopic (exact) mass is 399 g/mol. The molecule has 0 fully saturated rings. The Kier molecular flexibility index (Phi) is 6.20. The zero-order valence-corrected chi connectivity index (χ0v) is 16.7. The van der Waals surface area contributed by atoms with Crippen LogP contribution in [-0.2, 0) is 4.79 Å². The Labute approximate surface area is 167 Å². The third kappa shape index (κ3) is 4.64. The summed E-state index contributed by atoms with van der Waals surface area (Å²) < 4.78 is 11.3. The van der Waals surface area contributed by atoms with Crippen molar-refractivity contribution >= 4 is 23.4 Å². The Hall–Kier alpha value is -3.00. The smallest absolute Gasteiger partial charge is 0.297 e. The number of aromatic nitrogens is 2. The van der Waals surface area contributed by atoms with Crippen molar-refractivity contribution in [2.75, 3.05) is 18.2 Å². The molecule has 0 saturated carbocycles. The van der Waals surface area contributed by atoms with E-state index in [2.05, 4.69) is 10.6 Å². The van der Waals surface area contributed by atoms with Gasteiger partial charge in [0.1, 0.15) is 5.75 Å². The molecule has 0 bridgehead atoms. The summed E-state index contributed by atoms with van der Waals surface area (Å²) in [7, 11) is 1.58. The third-order valence-electron chi connectivity index (χ3n) is 4.25. The van der Waals surface area contributed by atoms with Gasteiger partial charge < -0.3 is 19.7 Å². The Bertz CT molecular complexity index is 970. The molecule has 0 spiro atoms. The molecule has 0 aliphatic rings. The van der Waals surface area contributed by atoms with Crippen LogP contribution in [0.15, 0.2) is 52.0 Å². The number of thioether (sulfide) groups is 1. The topological polar surface area (TPSA) is 91.3 Å². The summed E-state index contributed by atoms with van der Waals surface area (Å²) in [4.78, 5) is 12.2. The Morgan fingerprint density at radius 1 is 1.21 bits per heavy atom. The van der Waals surface area contributed by atoms with Crippen LogP contribution in [0.2, 0.25) is 0 Å². The first-order valence-electron chi connectivity index (χ1n) is 8.71. The van der Waals surface area contributed by atoms with Gasteiger partial charge >= 0.3 is 0 Å². The van der Waals surface area contributed by atoms with Crippen molar-refractivity contribution in [3.05, 3.63) is 53.6 Å². The van der Waals surface area contributed by atoms with E-state index in [1.54, 1.807) is 31.4 Å². The number of methoxy groups -OCH3 is 1. The van der Waals surface area contributed by atoms with Crippen molar-refractivity contribution in [3.8, 4) is 17.4 Å². The predicted molar refractivity (Wildman–Crippen MR) is 104 cm³/mol. The van der Waals surface area contributed by atoms with Crippen LogP contribution in [0.1, 0.15) is 17.5 Å². The number of aryl methyl sites for hydroxylation is 2. The minimum atomic E-state index is -0.532. The first-order valence-corrected chi connectivity index (χ1v) is 9.70. The van der Waals surface area contributed by atoms with Crippen LogP contribution in [0.25, 0.3) is 5.69 Å². The molecule has 0 atom stereocenters. The average molecular weight is 399 g/mol. The van der Waals surface area contributed by atoms with E-state index in [0.717, 1.165) is 11.3 Å². The first-order chi connectivity index (χ1) is 13.5. The molecule has 7 nitrogen and oxygen atoms in total. The highest BCUT2D eigenvalue weighted by molar-refractivity contribution is 7.99. The Balaban J connectivity index is 1.60. The number of amides is 1. The lowest BCUT2D eigenvalue weighted by Gasteiger charge is -2.07. The van der Waals surface area contributed by atoms with Crippen molar-refractivity contribution in [3.63, 3.8) is 0 Å². The number of rotatable bonds is 7. The van der Waals surface area contributed by atoms with Crippen molar-refractivity contribution in [2.24, 2.45) is 0 Å². The van der Waals surface area contributed by atoms with Crippen LogP contribution < -0.4 is 19.8 Å². The van der Waals surface area contributed by atoms with Crippen molar-refractivity contribution in [2.45, 2.75) is 25.3 Å². The normalized spacial score (nSPS) is 10.7. The molecular formula is C20H21N3O4S. The van der Waals surface area contributed by atoms with Crippen LogP contribution in [-0.4, -0.2) is 24.0 Å². The summed E-state index contributed by atoms with van der Waals surface area (Å²) in [5, 5.41) is 19.0. The van der Waals surface area contributed by atoms with Crippen molar-refractivity contribution in [1.29, 1.82) is 0 Å². The molecule has 28 heavy (non-hydrogen) atoms. The second-order valence-electron chi connectivity index (χ2n) is 6.22. The molecule has 1 amide bonds. The lowest BCUT2D eigenvalue weighted by molar-refractivity contribution is -0.705. The van der Waals surface area contributed by atoms with Gasteiger partial charge in [0.25, 0.3) is 5.03 Å². The second kappa shape index (κ2) is 8.79. The van der Waals surface area contributed by atoms with Gasteiger partial charge in [0, 0.05) is 30.0 Å². The summed E-state index contributed by atoms with van der Waals surface area (Å²) in [6.45, 7) is 4.02. The minimum Gasteiger partial charge on any atom is -0.538 e. The van der Waals surface area contributed by atoms with E-state index in [1.165, 1.54) is 22.0 Å². The van der Waals surface area contributed by atoms with E-state index >= 15 is 0 Å². The van der Waals surface area contributed by atoms with Crippen LogP contribution in [0.3, 0.4) is 0 Å². The maximum absolute atomic E-state index is 12.2. The van der Waals surface area contributed by atoms with Gasteiger partial charge in [0.15, 0.2) is 5.95 Å². The number of nitrogens with zero attached hydrogens (tertiary/aromatic N) is 2. The minimum absolute atomic E-state index is 0.115. The SMILES string of the molecule is COc1ccc(-[n+]2noc([O-])c2SCCC(=O)Nc2ccc(C)c(C)c2)cc1. The van der Waals surface area contributed by atoms with Gasteiger partial charge in [0.2, 0.25) is 11.6 Å². The average Bonchev–Trinajstić information content (AvgIpc) is 3.05. The first kappa shape index (κ1) is 19.8. The van der Waals surface area contributed by atoms with E-state index in [-0.39, 0.29) is 12.3 Å². The predicted octanol–water partition coefficient (Wildman–Crippen LogP) is 2.77. The molecule has 146 valence electrons. The fraction of sp³-hybridized carbons (Fsp3) is 0.250. The number of carbonyl (C=O) groups is 1. The highest BCUT2D eigenvalue weighted by atomic mass is 32.2. The highest BCUT2D eigenvalue weighted by Gasteiger charge is 2.21. The fourth-order valence-electron chi connectivity index (χ4n) is 2.53. The number of hydrogen-bond acceptors (Lipinski definition) is 6. The summed E-state index contributed by atoms with van der Waals surface area (Å²) in [5.41, 5.74) is 3.73. The summed E-state index contributed by atoms with van der Waals surface area (Å²) >= 11 is 1.23. The van der Waals surface area contributed by atoms with E-state index < -0.39 is 5.95 Å². The molecule has 1 aromatic heterocycles. The van der Waals surface area contributed by atoms with Gasteiger partial charge in [-0.15, -0.1) is 0 Å². The van der Waals surface area contributed by atoms with E-state index in [4.69, 9.17) is 9.26 Å². The standard InChI is InChI=1S/C20H21N3O4S/c1-13-4-5-15(12-14(13)2)21-18(24)10-11-28-19-20(25)27-22-23(19)16-6-8-17(26-3)9-7-16/h4-9,12H,10-11H2,1-3H3,(H-,21,22,24,25). The second-order valence-corrected chi connectivity index (χ2v) is 7.30. The molecular weight excluding hydrogens is 378 g/mol. The molecule has 8 heteroatoms. The van der Waals surface area contributed by atoms with Gasteiger partial charge in [-0.05, 0) is 53.9 Å². The van der Waals surface area contributed by atoms with Gasteiger partial charge in [-0.3, -0.25) is 4.79 Å². The lowest BCUT2D eigenvalue weighted by Crippen LogP contribution is -2.34. The quantitative estimate of drug-likeness (QED) is 0.485. The van der Waals surface area contributed by atoms with Gasteiger partial charge in [-0.1, -0.05) is 17.8 Å². The Morgan fingerprint density at radius 2 is 1.96 bits per heavy atom. The van der Waals surface area contributed by atoms with E-state index in [9.17, 15) is 9.90 Å². The molecule has 0 aliphatic heterocycles. The summed E-state index contributed by atoms with van der Waals surface area (Å²) in [6.07, 6.45) is 0.255. The molecule has 3 rings (SSSR count). The number of benzene rings is 2. The molecule has 2 aromatic carbocycles. The van der Waals surface area contributed by atoms with E-state index in [0.29, 0.717) is 22.2 Å². The number of anilines is 1. The van der Waals surface area contributed by atoms with E-state index in [1.807, 2.05) is 32.0 Å². The van der Waals surface area contributed by atoms with Gasteiger partial charge in [0.05, 0.1) is 12.4 Å². The molecule has 3 aromatic rings. The molecule has 0 radical (unpaired) electrons. The lowest BCUT2D eigenvalue weighted by atomic mass is 10.1. The van der Waals surface area contributed by atoms with Gasteiger partial charge in [-0.2, -0.15) is 0 Å². The molecule has 0 saturated heterocycles. The molecule has 1 N–H and O–H groups in total. The molecule has 0 aliphatic carbocycles. The zero-order valence-electron chi connectivity index (χ0n) is 15.9. The largest absolute Gasteiger partial charge is 0.538 e. The van der Waals surface area contributed by atoms with Crippen molar-refractivity contribution < 1.29 is 23.8 Å². The Morgan fingerprint density at radius 3 is 2.64 bits per heavy atom. The molecule has 0 unspecified atom stereocenters. The highest BCUT2D eigenvalue weighted by Crippen LogP contribution is 2.24. The maximum atomic E-state index is 12.2. The number of nitrogens with one attached hydrogen (secondary N) is 1. The number of hydrogen-bond donors (Lipinski definition) is 1. The zero-order chi connectivity index (χ0) is 20.1. The summed E-state index contributed by atoms with van der Waals surface area (Å²) in [6, 6.07) is 12.9. The number of ether oxygens (including phenoxy) is 1. The van der Waals surface area contributed by atoms with Crippen LogP contribution in [0, 0.1) is 13.8 Å². The number of carbonyl (C=O) groups excluding carboxylic acids is 1. The summed E-state index contributed by atoms with van der Waals surface area (Å²) in [5.74, 6) is 0.474. The van der Waals surface area contributed by atoms with Crippen LogP contribution >= 0.6 is 11.8 Å². The maximum Gasteiger partial charge on any atom is 0.297 e. The van der Waals surface area contributed by atoms with Gasteiger partial charge in [-0.25, -0.2) is 0 Å². The van der Waals surface area contributed by atoms with Crippen LogP contribution in [0.5, 0.6) is 11.7 Å². The van der Waals surface area contributed by atoms with Crippen molar-refractivity contribution in [1.82, 2.24) is 5.27 Å². The molecule has 1 heterocycles. The fourth-order valence-corrected chi connectivity index (χ4v) is 3.43. The van der Waals surface area contributed by atoms with Crippen LogP contribution in [0.4, 0.5) is 5.69 Å². The third-order valence-corrected chi connectivity index (χ3v) is 5.27.